The highest BCUT2D eigenvalue weighted by Gasteiger charge is 2.17. The molecule has 0 aliphatic rings. The molecule has 120 valence electrons. The second-order valence-electron chi connectivity index (χ2n) is 5.62. The molecular weight excluding hydrogens is 288 g/mol. The Morgan fingerprint density at radius 1 is 1.30 bits per heavy atom. The molecule has 0 aliphatic heterocycles. The molecule has 2 rings (SSSR count). The first-order valence-corrected chi connectivity index (χ1v) is 7.52. The van der Waals surface area contributed by atoms with Gasteiger partial charge in [0, 0.05) is 16.8 Å². The number of rotatable bonds is 6. The third-order valence-electron chi connectivity index (χ3n) is 3.58. The highest BCUT2D eigenvalue weighted by Crippen LogP contribution is 2.19. The van der Waals surface area contributed by atoms with Gasteiger partial charge in [0.25, 0.3) is 5.91 Å². The van der Waals surface area contributed by atoms with Gasteiger partial charge in [-0.1, -0.05) is 24.8 Å². The molecule has 0 atom stereocenters. The Kier molecular flexibility index (Phi) is 5.16. The molecule has 23 heavy (non-hydrogen) atoms. The van der Waals surface area contributed by atoms with Gasteiger partial charge in [-0.25, -0.2) is 4.68 Å². The predicted octanol–water partition coefficient (Wildman–Crippen LogP) is 3.87. The quantitative estimate of drug-likeness (QED) is 0.761. The van der Waals surface area contributed by atoms with Gasteiger partial charge in [0.15, 0.2) is 0 Å². The van der Waals surface area contributed by atoms with Gasteiger partial charge in [-0.15, -0.1) is 0 Å². The molecule has 4 nitrogen and oxygen atoms in total. The van der Waals surface area contributed by atoms with Crippen LogP contribution in [0.25, 0.3) is 0 Å². The van der Waals surface area contributed by atoms with Crippen LogP contribution in [-0.2, 0) is 6.42 Å². The van der Waals surface area contributed by atoms with E-state index in [2.05, 4.69) is 18.3 Å². The van der Waals surface area contributed by atoms with Crippen molar-refractivity contribution in [1.29, 1.82) is 0 Å². The van der Waals surface area contributed by atoms with Crippen molar-refractivity contribution in [3.63, 3.8) is 0 Å². The van der Waals surface area contributed by atoms with Crippen molar-refractivity contribution in [3.8, 4) is 5.75 Å². The Morgan fingerprint density at radius 2 is 1.96 bits per heavy atom. The van der Waals surface area contributed by atoms with E-state index in [9.17, 15) is 4.79 Å². The van der Waals surface area contributed by atoms with Crippen LogP contribution in [0.5, 0.6) is 5.75 Å². The third kappa shape index (κ3) is 3.77. The van der Waals surface area contributed by atoms with E-state index >= 15 is 0 Å². The van der Waals surface area contributed by atoms with Gasteiger partial charge in [0.1, 0.15) is 12.4 Å². The molecule has 1 heterocycles. The molecule has 0 aliphatic carbocycles. The topological polar surface area (TPSA) is 44.1 Å². The Labute approximate surface area is 137 Å². The number of benzene rings is 1. The molecule has 1 aromatic heterocycles. The molecule has 0 amide bonds. The van der Waals surface area contributed by atoms with E-state index in [-0.39, 0.29) is 5.91 Å². The number of allylic oxidation sites excluding steroid dienone is 1. The van der Waals surface area contributed by atoms with Gasteiger partial charge < -0.3 is 4.74 Å². The molecule has 0 spiro atoms. The average molecular weight is 310 g/mol. The Bertz CT molecular complexity index is 739. The summed E-state index contributed by atoms with van der Waals surface area (Å²) in [6.45, 7) is 13.8. The fourth-order valence-electron chi connectivity index (χ4n) is 2.40. The van der Waals surface area contributed by atoms with E-state index in [0.717, 1.165) is 28.9 Å². The Hall–Kier alpha value is -2.62. The van der Waals surface area contributed by atoms with Gasteiger partial charge in [0.2, 0.25) is 0 Å². The smallest absolute Gasteiger partial charge is 0.278 e. The molecule has 0 saturated carbocycles. The van der Waals surface area contributed by atoms with Crippen LogP contribution in [0.1, 0.15) is 34.2 Å². The number of nitrogens with zero attached hydrogens (tertiary/aromatic N) is 2. The second kappa shape index (κ2) is 7.09. The molecule has 0 saturated heterocycles. The third-order valence-corrected chi connectivity index (χ3v) is 3.58. The van der Waals surface area contributed by atoms with Gasteiger partial charge in [-0.3, -0.25) is 4.79 Å². The van der Waals surface area contributed by atoms with Crippen LogP contribution in [0.15, 0.2) is 49.1 Å². The van der Waals surface area contributed by atoms with Gasteiger partial charge >= 0.3 is 0 Å². The molecule has 4 heteroatoms. The summed E-state index contributed by atoms with van der Waals surface area (Å²) in [7, 11) is 0. The van der Waals surface area contributed by atoms with Crippen LogP contribution in [0.2, 0.25) is 0 Å². The van der Waals surface area contributed by atoms with E-state index in [1.54, 1.807) is 30.3 Å². The largest absolute Gasteiger partial charge is 0.490 e. The number of aromatic nitrogens is 2. The van der Waals surface area contributed by atoms with Gasteiger partial charge in [-0.05, 0) is 51.5 Å². The monoisotopic (exact) mass is 310 g/mol. The molecular formula is C19H22N2O2. The number of hydrogen-bond donors (Lipinski definition) is 0. The first-order valence-electron chi connectivity index (χ1n) is 7.52. The van der Waals surface area contributed by atoms with E-state index in [4.69, 9.17) is 4.74 Å². The standard InChI is InChI=1S/C19H22N2O2/c1-6-11-23-17-9-7-16(8-10-17)19(22)21-15(5)18(12-13(2)3)14(4)20-21/h6-10H,1-2,11-12H2,3-5H3. The first-order chi connectivity index (χ1) is 10.9. The van der Waals surface area contributed by atoms with Gasteiger partial charge in [-0.2, -0.15) is 5.10 Å². The Balaban J connectivity index is 2.26. The lowest BCUT2D eigenvalue weighted by Crippen LogP contribution is -2.15. The lowest BCUT2D eigenvalue weighted by Gasteiger charge is -2.06. The minimum absolute atomic E-state index is 0.145. The molecule has 0 N–H and O–H groups in total. The zero-order chi connectivity index (χ0) is 17.0. The molecule has 2 aromatic rings. The minimum Gasteiger partial charge on any atom is -0.490 e. The maximum Gasteiger partial charge on any atom is 0.278 e. The maximum absolute atomic E-state index is 12.7. The van der Waals surface area contributed by atoms with Crippen LogP contribution in [0.3, 0.4) is 0 Å². The van der Waals surface area contributed by atoms with Crippen molar-refractivity contribution < 1.29 is 9.53 Å². The SMILES string of the molecule is C=CCOc1ccc(C(=O)n2nc(C)c(CC(=C)C)c2C)cc1. The average Bonchev–Trinajstić information content (AvgIpc) is 2.80. The lowest BCUT2D eigenvalue weighted by atomic mass is 10.1. The highest BCUT2D eigenvalue weighted by atomic mass is 16.5. The lowest BCUT2D eigenvalue weighted by molar-refractivity contribution is 0.0942. The summed E-state index contributed by atoms with van der Waals surface area (Å²) in [5, 5.41) is 4.39. The van der Waals surface area contributed by atoms with Crippen LogP contribution in [0, 0.1) is 13.8 Å². The number of carbonyl (C=O) groups is 1. The van der Waals surface area contributed by atoms with Gasteiger partial charge in [0.05, 0.1) is 5.69 Å². The van der Waals surface area contributed by atoms with Crippen molar-refractivity contribution in [2.75, 3.05) is 6.61 Å². The number of carbonyl (C=O) groups excluding carboxylic acids is 1. The van der Waals surface area contributed by atoms with E-state index in [1.807, 2.05) is 20.8 Å². The summed E-state index contributed by atoms with van der Waals surface area (Å²) in [5.74, 6) is 0.562. The fourth-order valence-corrected chi connectivity index (χ4v) is 2.40. The summed E-state index contributed by atoms with van der Waals surface area (Å²) in [4.78, 5) is 12.7. The predicted molar refractivity (Wildman–Crippen MR) is 92.1 cm³/mol. The van der Waals surface area contributed by atoms with Crippen molar-refractivity contribution in [2.24, 2.45) is 0 Å². The van der Waals surface area contributed by atoms with Crippen LogP contribution >= 0.6 is 0 Å². The summed E-state index contributed by atoms with van der Waals surface area (Å²) in [6.07, 6.45) is 2.41. The number of ether oxygens (including phenoxy) is 1. The van der Waals surface area contributed by atoms with Crippen molar-refractivity contribution >= 4 is 5.91 Å². The summed E-state index contributed by atoms with van der Waals surface area (Å²) in [5.41, 5.74) is 4.42. The molecule has 0 unspecified atom stereocenters. The maximum atomic E-state index is 12.7. The van der Waals surface area contributed by atoms with Crippen LogP contribution < -0.4 is 4.74 Å². The molecule has 1 aromatic carbocycles. The summed E-state index contributed by atoms with van der Waals surface area (Å²) in [6, 6.07) is 7.04. The molecule has 0 bridgehead atoms. The zero-order valence-electron chi connectivity index (χ0n) is 13.9. The first kappa shape index (κ1) is 16.7. The normalized spacial score (nSPS) is 10.4. The zero-order valence-corrected chi connectivity index (χ0v) is 13.9. The highest BCUT2D eigenvalue weighted by molar-refractivity contribution is 5.96. The van der Waals surface area contributed by atoms with E-state index in [1.165, 1.54) is 4.68 Å². The Morgan fingerprint density at radius 3 is 2.52 bits per heavy atom. The van der Waals surface area contributed by atoms with Crippen molar-refractivity contribution in [3.05, 3.63) is 71.6 Å². The van der Waals surface area contributed by atoms with Crippen molar-refractivity contribution in [2.45, 2.75) is 27.2 Å². The van der Waals surface area contributed by atoms with Crippen LogP contribution in [0.4, 0.5) is 0 Å². The minimum atomic E-state index is -0.145. The number of hydrogen-bond acceptors (Lipinski definition) is 3. The van der Waals surface area contributed by atoms with E-state index in [0.29, 0.717) is 17.9 Å². The summed E-state index contributed by atoms with van der Waals surface area (Å²) < 4.78 is 6.89. The molecule has 0 fully saturated rings. The van der Waals surface area contributed by atoms with Crippen LogP contribution in [-0.4, -0.2) is 22.3 Å². The summed E-state index contributed by atoms with van der Waals surface area (Å²) >= 11 is 0. The number of aryl methyl sites for hydroxylation is 1. The van der Waals surface area contributed by atoms with E-state index < -0.39 is 0 Å². The second-order valence-corrected chi connectivity index (χ2v) is 5.62. The van der Waals surface area contributed by atoms with Crippen molar-refractivity contribution in [1.82, 2.24) is 9.78 Å². The molecule has 0 radical (unpaired) electrons. The fraction of sp³-hybridized carbons (Fsp3) is 0.263.